The molecule has 4 unspecified atom stereocenters. The van der Waals surface area contributed by atoms with Crippen molar-refractivity contribution in [3.63, 3.8) is 0 Å². The van der Waals surface area contributed by atoms with E-state index in [1.54, 1.807) is 0 Å². The predicted molar refractivity (Wildman–Crippen MR) is 248 cm³/mol. The van der Waals surface area contributed by atoms with Gasteiger partial charge in [-0.25, -0.2) is 9.97 Å². The van der Waals surface area contributed by atoms with Crippen molar-refractivity contribution in [2.24, 2.45) is 0 Å². The van der Waals surface area contributed by atoms with Gasteiger partial charge in [-0.05, 0) is 42.5 Å². The molecule has 446 valence electrons. The van der Waals surface area contributed by atoms with Crippen LogP contribution in [0.25, 0.3) is 0 Å². The van der Waals surface area contributed by atoms with Gasteiger partial charge in [0.2, 0.25) is 18.3 Å². The third-order valence-corrected chi connectivity index (χ3v) is 13.1. The van der Waals surface area contributed by atoms with Crippen LogP contribution < -0.4 is 9.47 Å². The number of carbonyl (C=O) groups is 7. The first kappa shape index (κ1) is 63.3. The number of pyridine rings is 1. The molecule has 2 aliphatic heterocycles. The molecule has 3 fully saturated rings. The zero-order valence-electron chi connectivity index (χ0n) is 43.5. The summed E-state index contributed by atoms with van der Waals surface area (Å²) in [5, 5.41) is 18.0. The molecule has 2 N–H and O–H groups in total. The maximum atomic E-state index is 14.4. The Morgan fingerprint density at radius 1 is 0.605 bits per heavy atom. The number of hydrogen-bond donors (Lipinski definition) is 2. The van der Waals surface area contributed by atoms with Crippen LogP contribution in [-0.4, -0.2) is 155 Å². The summed E-state index contributed by atoms with van der Waals surface area (Å²) in [5.41, 5.74) is -6.37. The lowest BCUT2D eigenvalue weighted by molar-refractivity contribution is -0.376. The van der Waals surface area contributed by atoms with Crippen LogP contribution >= 0.6 is 11.3 Å². The third-order valence-electron chi connectivity index (χ3n) is 11.9. The van der Waals surface area contributed by atoms with E-state index >= 15 is 0 Å². The Kier molecular flexibility index (Phi) is 19.9. The molecule has 3 aromatic rings. The summed E-state index contributed by atoms with van der Waals surface area (Å²) in [7, 11) is 0. The Bertz CT molecular complexity index is 2760. The summed E-state index contributed by atoms with van der Waals surface area (Å²) in [6.07, 6.45) is -33.7. The SMILES string of the molecule is CC(=O)OCC1O[C@@H](O[C@@H]2C(COC(C)=O)O[C@@H](Oc3ccc(C[C@@H](c4ccc(C(O)(F)F)c(OC5CC5)c4)c4cnc(C(O)(C(F)(F)F)C(F)(F)F)s4)cn3)[C@H](OC(C)=O)C2OC(C)=O)[C@H](OC(C)=O)C(OC(C)=O)[C@@H]1OC(C)=O. The highest BCUT2D eigenvalue weighted by Gasteiger charge is 2.73. The fourth-order valence-corrected chi connectivity index (χ4v) is 9.57. The van der Waals surface area contributed by atoms with Crippen LogP contribution in [0.2, 0.25) is 0 Å². The summed E-state index contributed by atoms with van der Waals surface area (Å²) in [4.78, 5) is 94.7. The average molecular weight is 1190 g/mol. The van der Waals surface area contributed by atoms with Gasteiger partial charge in [-0.1, -0.05) is 12.1 Å². The minimum Gasteiger partial charge on any atom is -0.490 e. The van der Waals surface area contributed by atoms with Gasteiger partial charge in [0.15, 0.2) is 30.7 Å². The van der Waals surface area contributed by atoms with Crippen LogP contribution in [0.4, 0.5) is 35.1 Å². The highest BCUT2D eigenvalue weighted by atomic mass is 32.1. The lowest BCUT2D eigenvalue weighted by Crippen LogP contribution is -2.67. The molecule has 1 saturated carbocycles. The van der Waals surface area contributed by atoms with E-state index in [-0.39, 0.29) is 27.3 Å². The molecule has 23 nitrogen and oxygen atoms in total. The number of benzene rings is 1. The van der Waals surface area contributed by atoms with E-state index in [1.807, 2.05) is 0 Å². The summed E-state index contributed by atoms with van der Waals surface area (Å²) < 4.78 is 181. The molecule has 0 radical (unpaired) electrons. The maximum Gasteiger partial charge on any atom is 0.433 e. The molecule has 6 rings (SSSR count). The topological polar surface area (TPSA) is 296 Å². The summed E-state index contributed by atoms with van der Waals surface area (Å²) in [6, 6.07) is 5.20. The summed E-state index contributed by atoms with van der Waals surface area (Å²) in [5.74, 6) is -9.25. The molecular formula is C49H52F8N2O21S. The quantitative estimate of drug-likeness (QED) is 0.0822. The lowest BCUT2D eigenvalue weighted by Gasteiger charge is -2.48. The second kappa shape index (κ2) is 25.5. The number of nitrogens with zero attached hydrogens (tertiary/aromatic N) is 2. The Balaban J connectivity index is 1.38. The Labute approximate surface area is 457 Å². The highest BCUT2D eigenvalue weighted by Crippen LogP contribution is 2.52. The Morgan fingerprint density at radius 3 is 1.58 bits per heavy atom. The van der Waals surface area contributed by atoms with Crippen LogP contribution in [0, 0.1) is 0 Å². The molecular weight excluding hydrogens is 1140 g/mol. The smallest absolute Gasteiger partial charge is 0.433 e. The third kappa shape index (κ3) is 16.0. The van der Waals surface area contributed by atoms with E-state index in [4.69, 9.17) is 56.8 Å². The predicted octanol–water partition coefficient (Wildman–Crippen LogP) is 4.81. The van der Waals surface area contributed by atoms with Gasteiger partial charge in [0.1, 0.15) is 42.3 Å². The number of rotatable bonds is 21. The van der Waals surface area contributed by atoms with Gasteiger partial charge in [0.05, 0.1) is 11.7 Å². The molecule has 1 aromatic carbocycles. The molecule has 3 aliphatic rings. The van der Waals surface area contributed by atoms with Gasteiger partial charge >= 0.3 is 65.8 Å². The van der Waals surface area contributed by atoms with Gasteiger partial charge in [-0.15, -0.1) is 11.3 Å². The standard InChI is InChI=1S/C49H52F8N2O21S/c1-20(60)69-18-33-37(71-22(3)62)39(72-23(4)63)42(75-26(7)66)44(78-33)80-38-34(19-70-21(2)61)77-43(41(74-25(6)65)40(38)73-24(5)64)79-36-13-8-27(16-58-36)14-30(28-9-12-31(47(50,51)68)32(15-28)76-29-10-11-29)35-17-59-45(81-35)46(67,48(52,53)54)49(55,56)57/h8-9,12-13,15-17,29-30,33-34,37-44,67-68H,10-11,14,18-19H2,1-7H3/t30-,33?,34?,37+,38+,39?,40?,41+,42+,43-,44-/m0/s1. The monoisotopic (exact) mass is 1190 g/mol. The van der Waals surface area contributed by atoms with Crippen molar-refractivity contribution in [1.29, 1.82) is 0 Å². The zero-order chi connectivity index (χ0) is 60.1. The normalized spacial score (nSPS) is 24.6. The zero-order valence-corrected chi connectivity index (χ0v) is 44.3. The maximum absolute atomic E-state index is 14.4. The first-order chi connectivity index (χ1) is 37.7. The van der Waals surface area contributed by atoms with Crippen LogP contribution in [0.1, 0.15) is 93.8 Å². The van der Waals surface area contributed by atoms with Crippen molar-refractivity contribution >= 4 is 53.1 Å². The second-order valence-corrected chi connectivity index (χ2v) is 19.5. The first-order valence-corrected chi connectivity index (χ1v) is 24.9. The van der Waals surface area contributed by atoms with Gasteiger partial charge < -0.3 is 67.1 Å². The van der Waals surface area contributed by atoms with Crippen LogP contribution in [-0.2, 0) is 99.1 Å². The van der Waals surface area contributed by atoms with E-state index in [9.17, 15) is 78.9 Å². The number of thiazole rings is 1. The molecule has 81 heavy (non-hydrogen) atoms. The van der Waals surface area contributed by atoms with Crippen LogP contribution in [0.3, 0.4) is 0 Å². The van der Waals surface area contributed by atoms with Crippen LogP contribution in [0.5, 0.6) is 11.6 Å². The molecule has 2 aromatic heterocycles. The molecule has 0 spiro atoms. The molecule has 0 bridgehead atoms. The number of hydrogen-bond acceptors (Lipinski definition) is 24. The number of alkyl halides is 8. The summed E-state index contributed by atoms with van der Waals surface area (Å²) in [6.45, 7) is 5.22. The fraction of sp³-hybridized carbons (Fsp3) is 0.571. The van der Waals surface area contributed by atoms with Crippen molar-refractivity contribution in [1.82, 2.24) is 9.97 Å². The number of esters is 7. The largest absolute Gasteiger partial charge is 0.490 e. The first-order valence-electron chi connectivity index (χ1n) is 24.1. The van der Waals surface area contributed by atoms with Crippen molar-refractivity contribution in [3.05, 3.63) is 69.3 Å². The highest BCUT2D eigenvalue weighted by molar-refractivity contribution is 7.11. The van der Waals surface area contributed by atoms with E-state index in [2.05, 4.69) is 9.97 Å². The lowest BCUT2D eigenvalue weighted by atomic mass is 9.90. The van der Waals surface area contributed by atoms with E-state index in [0.29, 0.717) is 19.0 Å². The second-order valence-electron chi connectivity index (χ2n) is 18.4. The Morgan fingerprint density at radius 2 is 1.10 bits per heavy atom. The molecule has 11 atom stereocenters. The number of halogens is 8. The Hall–Kier alpha value is -6.87. The number of ether oxygens (including phenoxy) is 12. The van der Waals surface area contributed by atoms with Gasteiger partial charge in [0.25, 0.3) is 0 Å². The molecule has 1 aliphatic carbocycles. The van der Waals surface area contributed by atoms with Crippen LogP contribution in [0.15, 0.2) is 42.7 Å². The number of carbonyl (C=O) groups excluding carboxylic acids is 7. The van der Waals surface area contributed by atoms with Gasteiger partial charge in [-0.2, -0.15) is 35.1 Å². The summed E-state index contributed by atoms with van der Waals surface area (Å²) >= 11 is -0.185. The fourth-order valence-electron chi connectivity index (χ4n) is 8.39. The number of aromatic nitrogens is 2. The van der Waals surface area contributed by atoms with Crippen molar-refractivity contribution < 1.29 is 136 Å². The van der Waals surface area contributed by atoms with Crippen molar-refractivity contribution in [2.45, 2.75) is 165 Å². The van der Waals surface area contributed by atoms with E-state index in [0.717, 1.165) is 78.9 Å². The van der Waals surface area contributed by atoms with Crippen molar-refractivity contribution in [3.8, 4) is 11.6 Å². The molecule has 0 amide bonds. The molecule has 4 heterocycles. The van der Waals surface area contributed by atoms with Gasteiger partial charge in [0, 0.05) is 77.7 Å². The van der Waals surface area contributed by atoms with Crippen molar-refractivity contribution in [2.75, 3.05) is 13.2 Å². The van der Waals surface area contributed by atoms with Gasteiger partial charge in [-0.3, -0.25) is 33.6 Å². The average Bonchev–Trinajstić information content (AvgIpc) is 4.02. The number of aliphatic hydroxyl groups is 2. The van der Waals surface area contributed by atoms with E-state index < -0.39 is 181 Å². The minimum absolute atomic E-state index is 0.0486. The molecule has 2 saturated heterocycles. The minimum atomic E-state index is -6.32. The molecule has 32 heteroatoms. The van der Waals surface area contributed by atoms with E-state index in [1.165, 1.54) is 6.07 Å².